The SMILES string of the molecule is COC12CC3CC4(COC(C)=O)CC1(C2)C34. The monoisotopic (exact) mass is 222 g/mol. The van der Waals surface area contributed by atoms with Gasteiger partial charge in [0.05, 0.1) is 12.2 Å². The van der Waals surface area contributed by atoms with Crippen molar-refractivity contribution in [2.24, 2.45) is 22.7 Å². The third-order valence-electron chi connectivity index (χ3n) is 5.99. The van der Waals surface area contributed by atoms with Crippen LogP contribution in [0, 0.1) is 22.7 Å². The van der Waals surface area contributed by atoms with Crippen molar-refractivity contribution >= 4 is 5.97 Å². The van der Waals surface area contributed by atoms with E-state index in [-0.39, 0.29) is 11.6 Å². The van der Waals surface area contributed by atoms with E-state index in [1.165, 1.54) is 32.6 Å². The highest BCUT2D eigenvalue weighted by Gasteiger charge is 2.91. The fourth-order valence-electron chi connectivity index (χ4n) is 5.71. The van der Waals surface area contributed by atoms with Gasteiger partial charge in [-0.15, -0.1) is 0 Å². The fourth-order valence-corrected chi connectivity index (χ4v) is 5.71. The minimum atomic E-state index is -0.134. The number of carbonyl (C=O) groups is 1. The molecule has 0 bridgehead atoms. The Morgan fingerprint density at radius 1 is 1.38 bits per heavy atom. The summed E-state index contributed by atoms with van der Waals surface area (Å²) in [5.74, 6) is 1.53. The number of hydrogen-bond donors (Lipinski definition) is 0. The summed E-state index contributed by atoms with van der Waals surface area (Å²) in [5.41, 5.74) is 1.09. The maximum atomic E-state index is 10.9. The lowest BCUT2D eigenvalue weighted by atomic mass is 9.39. The summed E-state index contributed by atoms with van der Waals surface area (Å²) < 4.78 is 11.0. The molecule has 4 aliphatic carbocycles. The third kappa shape index (κ3) is 0.727. The molecule has 4 fully saturated rings. The Kier molecular flexibility index (Phi) is 1.38. The summed E-state index contributed by atoms with van der Waals surface area (Å²) in [6.07, 6.45) is 5.02. The molecule has 4 rings (SSSR count). The molecule has 0 aliphatic heterocycles. The number of esters is 1. The lowest BCUT2D eigenvalue weighted by Crippen LogP contribution is -2.62. The highest BCUT2D eigenvalue weighted by molar-refractivity contribution is 5.66. The van der Waals surface area contributed by atoms with Gasteiger partial charge < -0.3 is 9.47 Å². The Morgan fingerprint density at radius 3 is 2.88 bits per heavy atom. The van der Waals surface area contributed by atoms with E-state index in [4.69, 9.17) is 9.47 Å². The van der Waals surface area contributed by atoms with Crippen LogP contribution in [-0.2, 0) is 14.3 Å². The predicted molar refractivity (Wildman–Crippen MR) is 56.7 cm³/mol. The van der Waals surface area contributed by atoms with Gasteiger partial charge in [-0.3, -0.25) is 4.79 Å². The van der Waals surface area contributed by atoms with E-state index in [9.17, 15) is 4.79 Å². The first kappa shape index (κ1) is 9.46. The molecule has 0 aromatic carbocycles. The molecular formula is C13H18O3. The average molecular weight is 222 g/mol. The van der Waals surface area contributed by atoms with Crippen molar-refractivity contribution in [1.82, 2.24) is 0 Å². The molecule has 0 aromatic rings. The van der Waals surface area contributed by atoms with Gasteiger partial charge in [-0.2, -0.15) is 0 Å². The Balaban J connectivity index is 1.53. The summed E-state index contributed by atoms with van der Waals surface area (Å²) in [4.78, 5) is 10.9. The van der Waals surface area contributed by atoms with Crippen molar-refractivity contribution in [3.05, 3.63) is 0 Å². The van der Waals surface area contributed by atoms with Gasteiger partial charge in [0.15, 0.2) is 0 Å². The van der Waals surface area contributed by atoms with Crippen molar-refractivity contribution in [3.63, 3.8) is 0 Å². The van der Waals surface area contributed by atoms with Crippen LogP contribution in [0.3, 0.4) is 0 Å². The molecule has 0 radical (unpaired) electrons. The van der Waals surface area contributed by atoms with E-state index in [1.54, 1.807) is 0 Å². The number of ether oxygens (including phenoxy) is 2. The first-order valence-electron chi connectivity index (χ1n) is 6.26. The van der Waals surface area contributed by atoms with Crippen LogP contribution in [0.4, 0.5) is 0 Å². The molecule has 3 heteroatoms. The van der Waals surface area contributed by atoms with Gasteiger partial charge in [-0.1, -0.05) is 0 Å². The molecule has 88 valence electrons. The van der Waals surface area contributed by atoms with Gasteiger partial charge >= 0.3 is 5.97 Å². The smallest absolute Gasteiger partial charge is 0.302 e. The third-order valence-corrected chi connectivity index (χ3v) is 5.99. The quantitative estimate of drug-likeness (QED) is 0.682. The zero-order valence-corrected chi connectivity index (χ0v) is 9.91. The lowest BCUT2D eigenvalue weighted by molar-refractivity contribution is -0.213. The highest BCUT2D eigenvalue weighted by atomic mass is 16.5. The van der Waals surface area contributed by atoms with Gasteiger partial charge in [-0.05, 0) is 37.5 Å². The van der Waals surface area contributed by atoms with Crippen LogP contribution >= 0.6 is 0 Å². The molecule has 0 N–H and O–H groups in total. The van der Waals surface area contributed by atoms with E-state index in [0.29, 0.717) is 17.4 Å². The molecule has 1 spiro atoms. The second kappa shape index (κ2) is 2.33. The Hall–Kier alpha value is -0.570. The van der Waals surface area contributed by atoms with Crippen molar-refractivity contribution in [3.8, 4) is 0 Å². The van der Waals surface area contributed by atoms with Crippen LogP contribution in [0.25, 0.3) is 0 Å². The molecule has 16 heavy (non-hydrogen) atoms. The molecule has 3 nitrogen and oxygen atoms in total. The maximum Gasteiger partial charge on any atom is 0.302 e. The molecule has 5 unspecified atom stereocenters. The molecule has 0 aromatic heterocycles. The average Bonchev–Trinajstić information content (AvgIpc) is 2.78. The molecular weight excluding hydrogens is 204 g/mol. The van der Waals surface area contributed by atoms with Gasteiger partial charge in [0.2, 0.25) is 0 Å². The van der Waals surface area contributed by atoms with E-state index in [0.717, 1.165) is 11.8 Å². The van der Waals surface area contributed by atoms with E-state index < -0.39 is 0 Å². The van der Waals surface area contributed by atoms with Crippen LogP contribution in [0.1, 0.15) is 32.6 Å². The van der Waals surface area contributed by atoms with Crippen LogP contribution in [0.15, 0.2) is 0 Å². The van der Waals surface area contributed by atoms with Gasteiger partial charge in [0, 0.05) is 24.9 Å². The topological polar surface area (TPSA) is 35.5 Å². The predicted octanol–water partition coefficient (Wildman–Crippen LogP) is 1.75. The van der Waals surface area contributed by atoms with Crippen LogP contribution in [0.5, 0.6) is 0 Å². The molecule has 5 atom stereocenters. The van der Waals surface area contributed by atoms with Crippen LogP contribution in [-0.4, -0.2) is 25.3 Å². The first-order chi connectivity index (χ1) is 7.58. The highest BCUT2D eigenvalue weighted by Crippen LogP contribution is 2.92. The Bertz CT molecular complexity index is 393. The van der Waals surface area contributed by atoms with E-state index in [2.05, 4.69) is 0 Å². The number of hydrogen-bond acceptors (Lipinski definition) is 3. The fraction of sp³-hybridized carbons (Fsp3) is 0.923. The summed E-state index contributed by atoms with van der Waals surface area (Å²) in [5, 5.41) is 0. The van der Waals surface area contributed by atoms with Gasteiger partial charge in [0.1, 0.15) is 0 Å². The van der Waals surface area contributed by atoms with Crippen molar-refractivity contribution in [2.75, 3.05) is 13.7 Å². The second-order valence-electron chi connectivity index (χ2n) is 6.50. The summed E-state index contributed by atoms with van der Waals surface area (Å²) >= 11 is 0. The zero-order chi connectivity index (χ0) is 11.2. The molecule has 0 saturated heterocycles. The van der Waals surface area contributed by atoms with E-state index in [1.807, 2.05) is 7.11 Å². The molecule has 4 aliphatic rings. The van der Waals surface area contributed by atoms with Gasteiger partial charge in [-0.25, -0.2) is 0 Å². The number of rotatable bonds is 3. The summed E-state index contributed by atoms with van der Waals surface area (Å²) in [6.45, 7) is 2.16. The minimum Gasteiger partial charge on any atom is -0.465 e. The summed E-state index contributed by atoms with van der Waals surface area (Å²) in [6, 6.07) is 0. The van der Waals surface area contributed by atoms with Crippen LogP contribution in [0.2, 0.25) is 0 Å². The van der Waals surface area contributed by atoms with Crippen molar-refractivity contribution in [1.29, 1.82) is 0 Å². The number of methoxy groups -OCH3 is 1. The lowest BCUT2D eigenvalue weighted by Gasteiger charge is -2.65. The second-order valence-corrected chi connectivity index (χ2v) is 6.50. The largest absolute Gasteiger partial charge is 0.465 e. The maximum absolute atomic E-state index is 10.9. The van der Waals surface area contributed by atoms with Crippen LogP contribution < -0.4 is 0 Å². The zero-order valence-electron chi connectivity index (χ0n) is 9.91. The van der Waals surface area contributed by atoms with E-state index >= 15 is 0 Å². The molecule has 4 saturated carbocycles. The Labute approximate surface area is 95.5 Å². The first-order valence-corrected chi connectivity index (χ1v) is 6.26. The molecule has 0 amide bonds. The normalized spacial score (nSPS) is 59.1. The number of carbonyl (C=O) groups excluding carboxylic acids is 1. The van der Waals surface area contributed by atoms with Crippen molar-refractivity contribution in [2.45, 2.75) is 38.2 Å². The van der Waals surface area contributed by atoms with Gasteiger partial charge in [0.25, 0.3) is 0 Å². The summed E-state index contributed by atoms with van der Waals surface area (Å²) in [7, 11) is 1.87. The standard InChI is InChI=1S/C13H18O3/c1-8(14)16-7-11-3-9-4-13(15-2)6-12(13,5-11)10(9)11/h9-10H,3-7H2,1-2H3. The van der Waals surface area contributed by atoms with Crippen molar-refractivity contribution < 1.29 is 14.3 Å². The Morgan fingerprint density at radius 2 is 2.19 bits per heavy atom. The molecule has 0 heterocycles. The minimum absolute atomic E-state index is 0.134.